The predicted molar refractivity (Wildman–Crippen MR) is 118 cm³/mol. The van der Waals surface area contributed by atoms with Crippen molar-refractivity contribution in [3.63, 3.8) is 0 Å². The number of carbonyl (C=O) groups is 1. The van der Waals surface area contributed by atoms with Gasteiger partial charge in [-0.25, -0.2) is 0 Å². The average Bonchev–Trinajstić information content (AvgIpc) is 3.18. The molecule has 164 valence electrons. The van der Waals surface area contributed by atoms with Gasteiger partial charge in [-0.15, -0.1) is 0 Å². The Balaban J connectivity index is 1.35. The zero-order valence-electron chi connectivity index (χ0n) is 19.2. The van der Waals surface area contributed by atoms with Crippen LogP contribution in [0.25, 0.3) is 0 Å². The fourth-order valence-electron chi connectivity index (χ4n) is 8.09. The van der Waals surface area contributed by atoms with E-state index >= 15 is 0 Å². The van der Waals surface area contributed by atoms with Gasteiger partial charge in [0.1, 0.15) is 6.54 Å². The molecule has 0 aliphatic heterocycles. The predicted octanol–water partition coefficient (Wildman–Crippen LogP) is 5.01. The number of aliphatic hydroxyl groups is 1. The lowest BCUT2D eigenvalue weighted by molar-refractivity contribution is -0.129. The number of carbonyl (C=O) groups excluding carboxylic acids is 1. The summed E-state index contributed by atoms with van der Waals surface area (Å²) in [5.41, 5.74) is 3.26. The van der Waals surface area contributed by atoms with Crippen LogP contribution in [-0.4, -0.2) is 26.3 Å². The van der Waals surface area contributed by atoms with Crippen LogP contribution in [0.3, 0.4) is 0 Å². The Morgan fingerprint density at radius 1 is 1.17 bits per heavy atom. The molecule has 1 aromatic rings. The molecule has 4 aliphatic carbocycles. The molecular weight excluding hydrogens is 372 g/mol. The third kappa shape index (κ3) is 3.21. The van der Waals surface area contributed by atoms with Gasteiger partial charge in [-0.1, -0.05) is 18.6 Å². The molecule has 3 fully saturated rings. The van der Waals surface area contributed by atoms with E-state index in [2.05, 4.69) is 24.2 Å². The van der Waals surface area contributed by atoms with E-state index in [1.807, 2.05) is 25.5 Å². The Morgan fingerprint density at radius 2 is 1.97 bits per heavy atom. The van der Waals surface area contributed by atoms with Crippen molar-refractivity contribution in [1.82, 2.24) is 9.78 Å². The summed E-state index contributed by atoms with van der Waals surface area (Å²) in [6.07, 6.45) is 11.3. The molecule has 30 heavy (non-hydrogen) atoms. The van der Waals surface area contributed by atoms with Crippen LogP contribution in [0.15, 0.2) is 17.7 Å². The molecular formula is C26H38N2O2. The maximum Gasteiger partial charge on any atom is 0.157 e. The minimum absolute atomic E-state index is 0.153. The van der Waals surface area contributed by atoms with Crippen LogP contribution in [0, 0.1) is 48.9 Å². The van der Waals surface area contributed by atoms with Crippen LogP contribution < -0.4 is 0 Å². The molecule has 0 radical (unpaired) electrons. The van der Waals surface area contributed by atoms with E-state index < -0.39 is 5.60 Å². The van der Waals surface area contributed by atoms with Gasteiger partial charge < -0.3 is 5.11 Å². The molecule has 0 spiro atoms. The summed E-state index contributed by atoms with van der Waals surface area (Å²) in [7, 11) is 0. The van der Waals surface area contributed by atoms with Gasteiger partial charge in [-0.3, -0.25) is 9.48 Å². The third-order valence-corrected chi connectivity index (χ3v) is 9.51. The Hall–Kier alpha value is -1.42. The Morgan fingerprint density at radius 3 is 2.70 bits per heavy atom. The molecule has 0 saturated heterocycles. The first-order chi connectivity index (χ1) is 14.2. The van der Waals surface area contributed by atoms with E-state index in [0.717, 1.165) is 55.3 Å². The van der Waals surface area contributed by atoms with Crippen LogP contribution in [0.4, 0.5) is 0 Å². The lowest BCUT2D eigenvalue weighted by Crippen LogP contribution is -2.48. The van der Waals surface area contributed by atoms with Gasteiger partial charge in [0.05, 0.1) is 11.3 Å². The summed E-state index contributed by atoms with van der Waals surface area (Å²) < 4.78 is 1.91. The van der Waals surface area contributed by atoms with Gasteiger partial charge in [0.25, 0.3) is 0 Å². The minimum Gasteiger partial charge on any atom is -0.390 e. The van der Waals surface area contributed by atoms with E-state index in [4.69, 9.17) is 0 Å². The molecule has 5 rings (SSSR count). The van der Waals surface area contributed by atoms with Gasteiger partial charge in [0.15, 0.2) is 5.78 Å². The van der Waals surface area contributed by atoms with Crippen molar-refractivity contribution in [1.29, 1.82) is 0 Å². The van der Waals surface area contributed by atoms with E-state index in [0.29, 0.717) is 24.2 Å². The second kappa shape index (κ2) is 7.05. The first kappa shape index (κ1) is 20.5. The third-order valence-electron chi connectivity index (χ3n) is 9.51. The second-order valence-corrected chi connectivity index (χ2v) is 11.5. The van der Waals surface area contributed by atoms with Gasteiger partial charge in [0, 0.05) is 11.6 Å². The molecule has 1 heterocycles. The number of ketones is 1. The lowest BCUT2D eigenvalue weighted by atomic mass is 9.51. The Bertz CT molecular complexity index is 882. The van der Waals surface area contributed by atoms with Crippen molar-refractivity contribution < 1.29 is 9.90 Å². The molecule has 0 bridgehead atoms. The molecule has 4 nitrogen and oxygen atoms in total. The molecule has 7 atom stereocenters. The van der Waals surface area contributed by atoms with Crippen molar-refractivity contribution in [3.05, 3.63) is 29.1 Å². The van der Waals surface area contributed by atoms with Crippen molar-refractivity contribution in [2.45, 2.75) is 91.2 Å². The van der Waals surface area contributed by atoms with Gasteiger partial charge in [-0.05, 0) is 107 Å². The van der Waals surface area contributed by atoms with E-state index in [-0.39, 0.29) is 11.3 Å². The quantitative estimate of drug-likeness (QED) is 0.713. The number of nitrogens with zero attached hydrogens (tertiary/aromatic N) is 2. The number of Topliss-reactive ketones (excluding diaryl/α,β-unsaturated/α-hetero) is 1. The molecule has 1 aromatic heterocycles. The monoisotopic (exact) mass is 410 g/mol. The number of aromatic nitrogens is 2. The fourth-order valence-corrected chi connectivity index (χ4v) is 8.09. The van der Waals surface area contributed by atoms with Crippen molar-refractivity contribution in [2.75, 3.05) is 0 Å². The van der Waals surface area contributed by atoms with Crippen LogP contribution >= 0.6 is 0 Å². The van der Waals surface area contributed by atoms with Crippen LogP contribution in [0.2, 0.25) is 0 Å². The van der Waals surface area contributed by atoms with Crippen molar-refractivity contribution >= 4 is 5.78 Å². The first-order valence-corrected chi connectivity index (χ1v) is 12.1. The normalized spacial score (nSPS) is 42.8. The van der Waals surface area contributed by atoms with Gasteiger partial charge in [-0.2, -0.15) is 5.10 Å². The summed E-state index contributed by atoms with van der Waals surface area (Å²) in [5, 5.41) is 15.1. The van der Waals surface area contributed by atoms with Crippen molar-refractivity contribution in [2.24, 2.45) is 35.0 Å². The molecule has 3 saturated carbocycles. The van der Waals surface area contributed by atoms with E-state index in [1.54, 1.807) is 0 Å². The highest BCUT2D eigenvalue weighted by atomic mass is 16.3. The number of hydrogen-bond donors (Lipinski definition) is 1. The van der Waals surface area contributed by atoms with E-state index in [1.165, 1.54) is 24.8 Å². The SMILES string of the molecule is Cc1cc(C)n(CC(=O)[C@H]2CC[C@H]3[C@@H]4CC=C5C[C@](C)(O)CC[C@@H]5[C@H]4CC[C@]23C)n1. The number of hydrogen-bond acceptors (Lipinski definition) is 3. The molecule has 1 N–H and O–H groups in total. The van der Waals surface area contributed by atoms with Gasteiger partial charge >= 0.3 is 0 Å². The fraction of sp³-hybridized carbons (Fsp3) is 0.769. The molecule has 0 aromatic carbocycles. The summed E-state index contributed by atoms with van der Waals surface area (Å²) in [6.45, 7) is 8.91. The Kier molecular flexibility index (Phi) is 4.81. The molecule has 4 aliphatic rings. The van der Waals surface area contributed by atoms with Crippen molar-refractivity contribution in [3.8, 4) is 0 Å². The van der Waals surface area contributed by atoms with Gasteiger partial charge in [0.2, 0.25) is 0 Å². The number of aryl methyl sites for hydroxylation is 2. The number of rotatable bonds is 3. The summed E-state index contributed by atoms with van der Waals surface area (Å²) >= 11 is 0. The maximum absolute atomic E-state index is 13.4. The number of allylic oxidation sites excluding steroid dienone is 1. The van der Waals surface area contributed by atoms with E-state index in [9.17, 15) is 9.90 Å². The molecule has 0 amide bonds. The highest BCUT2D eigenvalue weighted by Crippen LogP contribution is 2.63. The zero-order valence-corrected chi connectivity index (χ0v) is 19.2. The minimum atomic E-state index is -0.508. The smallest absolute Gasteiger partial charge is 0.157 e. The molecule has 0 unspecified atom stereocenters. The molecule has 4 heteroatoms. The topological polar surface area (TPSA) is 55.1 Å². The maximum atomic E-state index is 13.4. The van der Waals surface area contributed by atoms with Crippen LogP contribution in [0.1, 0.15) is 76.6 Å². The number of fused-ring (bicyclic) bond motifs is 5. The average molecular weight is 411 g/mol. The Labute approximate surface area is 181 Å². The first-order valence-electron chi connectivity index (χ1n) is 12.1. The standard InChI is InChI=1S/C26H38N2O2/c1-16-13-17(2)28(27-16)15-24(29)23-8-7-22-21-6-5-18-14-25(3,30)11-9-19(18)20(21)10-12-26(22,23)4/h5,13,19-23,30H,6-12,14-15H2,1-4H3/t19-,20+,21+,22-,23+,25+,26-/m0/s1. The summed E-state index contributed by atoms with van der Waals surface area (Å²) in [4.78, 5) is 13.4. The zero-order chi connectivity index (χ0) is 21.3. The second-order valence-electron chi connectivity index (χ2n) is 11.5. The van der Waals surface area contributed by atoms with Crippen LogP contribution in [0.5, 0.6) is 0 Å². The summed E-state index contributed by atoms with van der Waals surface area (Å²) in [6, 6.07) is 2.06. The summed E-state index contributed by atoms with van der Waals surface area (Å²) in [5.74, 6) is 3.43. The highest BCUT2D eigenvalue weighted by Gasteiger charge is 2.57. The largest absolute Gasteiger partial charge is 0.390 e. The van der Waals surface area contributed by atoms with Crippen LogP contribution in [-0.2, 0) is 11.3 Å². The lowest BCUT2D eigenvalue weighted by Gasteiger charge is -2.54. The highest BCUT2D eigenvalue weighted by molar-refractivity contribution is 5.82.